The molecular weight excluding hydrogens is 476 g/mol. The number of amides is 2. The van der Waals surface area contributed by atoms with E-state index in [0.29, 0.717) is 0 Å². The first-order chi connectivity index (χ1) is 16.4. The summed E-state index contributed by atoms with van der Waals surface area (Å²) in [7, 11) is 0. The third kappa shape index (κ3) is 6.74. The Balaban J connectivity index is 1.67. The molecular formula is C22H28F4N4O5. The van der Waals surface area contributed by atoms with E-state index in [0.717, 1.165) is 17.0 Å². The number of cyclic esters (lactones) is 1. The molecule has 0 aromatic heterocycles. The van der Waals surface area contributed by atoms with Gasteiger partial charge >= 0.3 is 12.2 Å². The maximum absolute atomic E-state index is 15.0. The highest BCUT2D eigenvalue weighted by molar-refractivity contribution is 5.90. The first kappa shape index (κ1) is 26.5. The fourth-order valence-electron chi connectivity index (χ4n) is 3.73. The highest BCUT2D eigenvalue weighted by atomic mass is 19.3. The Hall–Kier alpha value is -3.09. The number of anilines is 2. The highest BCUT2D eigenvalue weighted by Gasteiger charge is 2.35. The predicted octanol–water partition coefficient (Wildman–Crippen LogP) is 3.47. The molecule has 1 aromatic rings. The molecule has 35 heavy (non-hydrogen) atoms. The second-order valence-corrected chi connectivity index (χ2v) is 9.21. The number of ether oxygens (including phenoxy) is 2. The summed E-state index contributed by atoms with van der Waals surface area (Å²) in [6.45, 7) is 5.67. The van der Waals surface area contributed by atoms with Gasteiger partial charge in [-0.25, -0.2) is 37.6 Å². The average molecular weight is 504 g/mol. The molecule has 0 unspecified atom stereocenters. The topological polar surface area (TPSA) is 91.4 Å². The van der Waals surface area contributed by atoms with Crippen molar-refractivity contribution in [1.82, 2.24) is 10.4 Å². The number of carbonyl (C=O) groups excluding carboxylic acids is 3. The fourth-order valence-corrected chi connectivity index (χ4v) is 3.73. The minimum absolute atomic E-state index is 0.0974. The zero-order valence-corrected chi connectivity index (χ0v) is 19.7. The number of halogens is 4. The average Bonchev–Trinajstić information content (AvgIpc) is 2.95. The largest absolute Gasteiger partial charge is 0.444 e. The van der Waals surface area contributed by atoms with Crippen molar-refractivity contribution in [2.45, 2.75) is 51.7 Å². The van der Waals surface area contributed by atoms with Gasteiger partial charge in [0.05, 0.1) is 18.8 Å². The summed E-state index contributed by atoms with van der Waals surface area (Å²) in [5.41, 5.74) is 1.76. The summed E-state index contributed by atoms with van der Waals surface area (Å²) in [4.78, 5) is 38.0. The van der Waals surface area contributed by atoms with Gasteiger partial charge in [0, 0.05) is 38.2 Å². The maximum Gasteiger partial charge on any atom is 0.424 e. The smallest absolute Gasteiger partial charge is 0.424 e. The van der Waals surface area contributed by atoms with Crippen molar-refractivity contribution in [2.75, 3.05) is 42.5 Å². The lowest BCUT2D eigenvalue weighted by Crippen LogP contribution is -2.46. The van der Waals surface area contributed by atoms with Crippen LogP contribution in [0.2, 0.25) is 0 Å². The SMILES string of the molecule is CC(C)(C)OC(=O)N1CCN(c2c(F)cc(N3C[C@H](CCC(=O)C(F)F)OC3=O)cc2F)CCN1. The third-order valence-corrected chi connectivity index (χ3v) is 5.35. The summed E-state index contributed by atoms with van der Waals surface area (Å²) in [5, 5.41) is 1.24. The second kappa shape index (κ2) is 10.7. The Morgan fingerprint density at radius 2 is 1.83 bits per heavy atom. The van der Waals surface area contributed by atoms with Gasteiger partial charge in [-0.15, -0.1) is 0 Å². The molecule has 1 N–H and O–H groups in total. The summed E-state index contributed by atoms with van der Waals surface area (Å²) in [6.07, 6.45) is -6.06. The van der Waals surface area contributed by atoms with Crippen molar-refractivity contribution in [3.05, 3.63) is 23.8 Å². The molecule has 2 aliphatic rings. The van der Waals surface area contributed by atoms with E-state index in [1.54, 1.807) is 20.8 Å². The molecule has 194 valence electrons. The zero-order valence-electron chi connectivity index (χ0n) is 19.7. The van der Waals surface area contributed by atoms with Crippen LogP contribution in [0.1, 0.15) is 33.6 Å². The van der Waals surface area contributed by atoms with Gasteiger partial charge in [0.25, 0.3) is 6.43 Å². The van der Waals surface area contributed by atoms with Gasteiger partial charge in [-0.2, -0.15) is 0 Å². The molecule has 2 aliphatic heterocycles. The Morgan fingerprint density at radius 3 is 2.43 bits per heavy atom. The molecule has 2 fully saturated rings. The number of nitrogens with zero attached hydrogens (tertiary/aromatic N) is 3. The number of nitrogens with one attached hydrogen (secondary N) is 1. The van der Waals surface area contributed by atoms with Crippen LogP contribution < -0.4 is 15.2 Å². The summed E-state index contributed by atoms with van der Waals surface area (Å²) >= 11 is 0. The van der Waals surface area contributed by atoms with E-state index in [4.69, 9.17) is 9.47 Å². The molecule has 2 heterocycles. The molecule has 0 bridgehead atoms. The predicted molar refractivity (Wildman–Crippen MR) is 117 cm³/mol. The lowest BCUT2D eigenvalue weighted by atomic mass is 10.1. The number of benzene rings is 1. The molecule has 1 atom stereocenters. The van der Waals surface area contributed by atoms with Crippen molar-refractivity contribution in [2.24, 2.45) is 0 Å². The number of ketones is 1. The van der Waals surface area contributed by atoms with Crippen LogP contribution in [0.15, 0.2) is 12.1 Å². The number of carbonyl (C=O) groups is 3. The highest BCUT2D eigenvalue weighted by Crippen LogP contribution is 2.32. The van der Waals surface area contributed by atoms with Crippen LogP contribution in [0, 0.1) is 11.6 Å². The Kier molecular flexibility index (Phi) is 8.08. The molecule has 2 amide bonds. The number of hydrazine groups is 1. The van der Waals surface area contributed by atoms with E-state index < -0.39 is 54.2 Å². The zero-order chi connectivity index (χ0) is 25.9. The fraction of sp³-hybridized carbons (Fsp3) is 0.591. The molecule has 2 saturated heterocycles. The molecule has 13 heteroatoms. The first-order valence-electron chi connectivity index (χ1n) is 11.1. The van der Waals surface area contributed by atoms with E-state index in [-0.39, 0.29) is 50.5 Å². The lowest BCUT2D eigenvalue weighted by Gasteiger charge is -2.27. The van der Waals surface area contributed by atoms with Crippen LogP contribution in [0.3, 0.4) is 0 Å². The molecule has 0 spiro atoms. The van der Waals surface area contributed by atoms with Crippen LogP contribution in [0.5, 0.6) is 0 Å². The number of alkyl halides is 2. The van der Waals surface area contributed by atoms with Crippen LogP contribution in [0.25, 0.3) is 0 Å². The van der Waals surface area contributed by atoms with Gasteiger partial charge in [0.2, 0.25) is 0 Å². The van der Waals surface area contributed by atoms with E-state index in [1.807, 2.05) is 0 Å². The molecule has 9 nitrogen and oxygen atoms in total. The van der Waals surface area contributed by atoms with Crippen molar-refractivity contribution < 1.29 is 41.4 Å². The van der Waals surface area contributed by atoms with Crippen LogP contribution in [0.4, 0.5) is 38.5 Å². The van der Waals surface area contributed by atoms with Crippen molar-refractivity contribution in [3.8, 4) is 0 Å². The van der Waals surface area contributed by atoms with Gasteiger partial charge in [0.1, 0.15) is 17.4 Å². The van der Waals surface area contributed by atoms with Crippen LogP contribution in [-0.4, -0.2) is 73.8 Å². The molecule has 0 radical (unpaired) electrons. The lowest BCUT2D eigenvalue weighted by molar-refractivity contribution is -0.129. The van der Waals surface area contributed by atoms with Gasteiger partial charge in [0.15, 0.2) is 17.4 Å². The van der Waals surface area contributed by atoms with Crippen LogP contribution in [-0.2, 0) is 14.3 Å². The second-order valence-electron chi connectivity index (χ2n) is 9.21. The standard InChI is InChI=1S/C22H28F4N4O5/c1-22(2,3)35-21(33)30-9-8-28(7-6-27-30)18-15(23)10-13(11-16(18)24)29-12-14(34-20(29)32)4-5-17(31)19(25)26/h10-11,14,19,27H,4-9,12H2,1-3H3/t14-/m0/s1. The van der Waals surface area contributed by atoms with Gasteiger partial charge in [-0.1, -0.05) is 0 Å². The number of hydrogen-bond donors (Lipinski definition) is 1. The summed E-state index contributed by atoms with van der Waals surface area (Å²) in [5.74, 6) is -3.11. The van der Waals surface area contributed by atoms with E-state index >= 15 is 8.78 Å². The normalized spacial score (nSPS) is 19.1. The quantitative estimate of drug-likeness (QED) is 0.594. The molecule has 1 aromatic carbocycles. The van der Waals surface area contributed by atoms with Crippen LogP contribution >= 0.6 is 0 Å². The van der Waals surface area contributed by atoms with E-state index in [2.05, 4.69) is 5.43 Å². The Bertz CT molecular complexity index is 949. The van der Waals surface area contributed by atoms with Crippen molar-refractivity contribution in [3.63, 3.8) is 0 Å². The van der Waals surface area contributed by atoms with Gasteiger partial charge < -0.3 is 14.4 Å². The minimum atomic E-state index is -3.11. The number of rotatable bonds is 6. The molecule has 0 saturated carbocycles. The number of Topliss-reactive ketones (excluding diaryl/α,β-unsaturated/α-hetero) is 1. The van der Waals surface area contributed by atoms with Gasteiger partial charge in [-0.05, 0) is 27.2 Å². The Morgan fingerprint density at radius 1 is 1.17 bits per heavy atom. The monoisotopic (exact) mass is 504 g/mol. The summed E-state index contributed by atoms with van der Waals surface area (Å²) in [6, 6.07) is 1.96. The van der Waals surface area contributed by atoms with E-state index in [1.165, 1.54) is 9.91 Å². The number of hydrogen-bond acceptors (Lipinski definition) is 7. The summed E-state index contributed by atoms with van der Waals surface area (Å²) < 4.78 is 65.1. The van der Waals surface area contributed by atoms with Gasteiger partial charge in [-0.3, -0.25) is 9.69 Å². The minimum Gasteiger partial charge on any atom is -0.444 e. The molecule has 3 rings (SSSR count). The van der Waals surface area contributed by atoms with E-state index in [9.17, 15) is 23.2 Å². The first-order valence-corrected chi connectivity index (χ1v) is 11.1. The molecule has 0 aliphatic carbocycles. The Labute approximate surface area is 199 Å². The third-order valence-electron chi connectivity index (χ3n) is 5.35. The van der Waals surface area contributed by atoms with Crippen molar-refractivity contribution >= 4 is 29.3 Å². The van der Waals surface area contributed by atoms with Crippen molar-refractivity contribution in [1.29, 1.82) is 0 Å². The maximum atomic E-state index is 15.0.